The van der Waals surface area contributed by atoms with E-state index in [-0.39, 0.29) is 37.0 Å². The Kier molecular flexibility index (Phi) is 24.3. The molecule has 6 heavy (non-hydrogen) atoms. The molecular weight excluding hydrogens is 91.0 g/mol. The van der Waals surface area contributed by atoms with E-state index in [2.05, 4.69) is 0 Å². The summed E-state index contributed by atoms with van der Waals surface area (Å²) in [6, 6.07) is 0. The summed E-state index contributed by atoms with van der Waals surface area (Å²) in [4.78, 5) is 9.00. The molecule has 0 aliphatic heterocycles. The van der Waals surface area contributed by atoms with E-state index in [9.17, 15) is 0 Å². The fourth-order valence-electron chi connectivity index (χ4n) is 0. The van der Waals surface area contributed by atoms with Crippen molar-refractivity contribution >= 4 is 5.97 Å². The van der Waals surface area contributed by atoms with Crippen LogP contribution in [0.25, 0.3) is 0 Å². The van der Waals surface area contributed by atoms with Crippen LogP contribution in [-0.4, -0.2) is 11.1 Å². The summed E-state index contributed by atoms with van der Waals surface area (Å²) in [5.41, 5.74) is 0. The van der Waals surface area contributed by atoms with E-state index in [0.717, 1.165) is 6.92 Å². The molecule has 0 atom stereocenters. The Hall–Kier alpha value is 0.470. The van der Waals surface area contributed by atoms with Crippen molar-refractivity contribution in [3.8, 4) is 0 Å². The van der Waals surface area contributed by atoms with Gasteiger partial charge in [-0.2, -0.15) is 0 Å². The fourth-order valence-corrected chi connectivity index (χ4v) is 0. The molecule has 0 heterocycles. The summed E-state index contributed by atoms with van der Waals surface area (Å²) in [7, 11) is 0. The fraction of sp³-hybridized carbons (Fsp3) is 0.333. The van der Waals surface area contributed by atoms with E-state index < -0.39 is 5.97 Å². The maximum absolute atomic E-state index is 9.00. The quantitative estimate of drug-likeness (QED) is 0.269. The minimum Gasteiger partial charge on any atom is -0.481 e. The van der Waals surface area contributed by atoms with E-state index in [0.29, 0.717) is 0 Å². The second-order valence-corrected chi connectivity index (χ2v) is 0.519. The van der Waals surface area contributed by atoms with Gasteiger partial charge < -0.3 is 12.5 Å². The van der Waals surface area contributed by atoms with Crippen LogP contribution in [0.1, 0.15) is 6.92 Å². The molecule has 0 aliphatic rings. The molecule has 0 amide bonds. The Morgan fingerprint density at radius 1 is 1.67 bits per heavy atom. The van der Waals surface area contributed by atoms with Crippen molar-refractivity contribution in [3.63, 3.8) is 0 Å². The molecule has 0 saturated heterocycles. The Balaban J connectivity index is -0.0000000450. The van der Waals surface area contributed by atoms with E-state index in [1.807, 2.05) is 0 Å². The molecule has 2 nitrogen and oxygen atoms in total. The maximum atomic E-state index is 9.00. The van der Waals surface area contributed by atoms with E-state index in [1.165, 1.54) is 0 Å². The van der Waals surface area contributed by atoms with Gasteiger partial charge in [0.05, 0.1) is 0 Å². The number of rotatable bonds is 0. The van der Waals surface area contributed by atoms with Gasteiger partial charge in [0.15, 0.2) is 0 Å². The molecule has 0 saturated carbocycles. The maximum Gasteiger partial charge on any atom is 1.00 e. The molecule has 0 aromatic carbocycles. The Labute approximate surface area is 59.8 Å². The Morgan fingerprint density at radius 2 is 1.67 bits per heavy atom. The third kappa shape index (κ3) is 244. The van der Waals surface area contributed by atoms with Crippen LogP contribution < -0.4 is 29.6 Å². The predicted octanol–water partition coefficient (Wildman–Crippen LogP) is -2.45. The number of carbonyl (C=O) groups is 1. The van der Waals surface area contributed by atoms with Crippen molar-refractivity contribution in [3.05, 3.63) is 7.43 Å². The zero-order chi connectivity index (χ0) is 3.58. The first-order valence-corrected chi connectivity index (χ1v) is 0.928. The monoisotopic (exact) mass is 98.0 g/mol. The van der Waals surface area contributed by atoms with Crippen molar-refractivity contribution < 1.29 is 39.5 Å². The molecule has 1 N–H and O–H groups in total. The molecule has 0 aliphatic carbocycles. The molecule has 0 bridgehead atoms. The molecule has 0 spiro atoms. The minimum absolute atomic E-state index is 0. The first kappa shape index (κ1) is 16.1. The Bertz CT molecular complexity index is 31.8. The summed E-state index contributed by atoms with van der Waals surface area (Å²) in [6.45, 7) is 1.08. The number of carboxylic acids is 1. The van der Waals surface area contributed by atoms with Crippen LogP contribution in [0.5, 0.6) is 0 Å². The van der Waals surface area contributed by atoms with Crippen LogP contribution in [0.4, 0.5) is 0 Å². The smallest absolute Gasteiger partial charge is 0.481 e. The third-order valence-corrected chi connectivity index (χ3v) is 0. The number of hydrogen-bond acceptors (Lipinski definition) is 1. The number of hydrogen-bond donors (Lipinski definition) is 1. The van der Waals surface area contributed by atoms with Crippen LogP contribution in [0.3, 0.4) is 0 Å². The summed E-state index contributed by atoms with van der Waals surface area (Å²) < 4.78 is 0. The molecule has 0 radical (unpaired) electrons. The van der Waals surface area contributed by atoms with Gasteiger partial charge in [0, 0.05) is 6.92 Å². The average molecular weight is 98.1 g/mol. The minimum atomic E-state index is -0.833. The number of aliphatic carboxylic acids is 1. The van der Waals surface area contributed by atoms with Crippen LogP contribution in [0, 0.1) is 7.43 Å². The predicted molar refractivity (Wildman–Crippen MR) is 19.7 cm³/mol. The molecule has 0 unspecified atom stereocenters. The summed E-state index contributed by atoms with van der Waals surface area (Å²) in [5.74, 6) is -0.833. The average Bonchev–Trinajstić information content (AvgIpc) is 0.811. The zero-order valence-corrected chi connectivity index (χ0v) is 6.36. The van der Waals surface area contributed by atoms with Gasteiger partial charge in [-0.25, -0.2) is 0 Å². The zero-order valence-electron chi connectivity index (χ0n) is 4.36. The summed E-state index contributed by atoms with van der Waals surface area (Å²) >= 11 is 0. The SMILES string of the molecule is CC(=O)O.[CH3-].[Na+]. The van der Waals surface area contributed by atoms with E-state index in [4.69, 9.17) is 9.90 Å². The third-order valence-electron chi connectivity index (χ3n) is 0. The first-order chi connectivity index (χ1) is 1.73. The van der Waals surface area contributed by atoms with Crippen molar-refractivity contribution in [2.75, 3.05) is 0 Å². The van der Waals surface area contributed by atoms with Gasteiger partial charge in [-0.15, -0.1) is 0 Å². The molecule has 3 heteroatoms. The molecule has 32 valence electrons. The first-order valence-electron chi connectivity index (χ1n) is 0.928. The van der Waals surface area contributed by atoms with Crippen molar-refractivity contribution in [2.45, 2.75) is 6.92 Å². The standard InChI is InChI=1S/C2H4O2.CH3.Na/c1-2(3)4;;/h1H3,(H,3,4);1H3;/q;-1;+1. The molecule has 0 aromatic rings. The second-order valence-electron chi connectivity index (χ2n) is 0.519. The molecule has 0 fully saturated rings. The van der Waals surface area contributed by atoms with Crippen molar-refractivity contribution in [1.82, 2.24) is 0 Å². The van der Waals surface area contributed by atoms with Crippen LogP contribution >= 0.6 is 0 Å². The molecular formula is C3H7NaO2. The van der Waals surface area contributed by atoms with Gasteiger partial charge in [-0.1, -0.05) is 0 Å². The van der Waals surface area contributed by atoms with E-state index in [1.54, 1.807) is 0 Å². The topological polar surface area (TPSA) is 37.3 Å². The van der Waals surface area contributed by atoms with Crippen LogP contribution in [0.15, 0.2) is 0 Å². The van der Waals surface area contributed by atoms with Crippen molar-refractivity contribution in [1.29, 1.82) is 0 Å². The molecule has 0 aromatic heterocycles. The van der Waals surface area contributed by atoms with Crippen molar-refractivity contribution in [2.24, 2.45) is 0 Å². The van der Waals surface area contributed by atoms with Gasteiger partial charge in [0.25, 0.3) is 5.97 Å². The van der Waals surface area contributed by atoms with Gasteiger partial charge in [0.2, 0.25) is 0 Å². The van der Waals surface area contributed by atoms with Gasteiger partial charge in [-0.3, -0.25) is 4.79 Å². The largest absolute Gasteiger partial charge is 1.00 e. The van der Waals surface area contributed by atoms with Gasteiger partial charge >= 0.3 is 29.6 Å². The summed E-state index contributed by atoms with van der Waals surface area (Å²) in [5, 5.41) is 7.42. The normalized spacial score (nSPS) is 4.17. The van der Waals surface area contributed by atoms with Crippen LogP contribution in [0.2, 0.25) is 0 Å². The summed E-state index contributed by atoms with van der Waals surface area (Å²) in [6.07, 6.45) is 0. The van der Waals surface area contributed by atoms with Crippen LogP contribution in [-0.2, 0) is 4.79 Å². The second kappa shape index (κ2) is 9.08. The van der Waals surface area contributed by atoms with Gasteiger partial charge in [0.1, 0.15) is 0 Å². The number of carboxylic acid groups (broad SMARTS) is 1. The van der Waals surface area contributed by atoms with Gasteiger partial charge in [-0.05, 0) is 0 Å². The Morgan fingerprint density at radius 3 is 1.67 bits per heavy atom. The van der Waals surface area contributed by atoms with E-state index >= 15 is 0 Å². The molecule has 0 rings (SSSR count).